The first kappa shape index (κ1) is 10.4. The second kappa shape index (κ2) is 4.18. The number of aromatic hydroxyl groups is 1. The van der Waals surface area contributed by atoms with Crippen LogP contribution in [0.2, 0.25) is 0 Å². The number of phenols is 1. The van der Waals surface area contributed by atoms with Gasteiger partial charge in [0.25, 0.3) is 0 Å². The molecule has 1 unspecified atom stereocenters. The van der Waals surface area contributed by atoms with E-state index in [4.69, 9.17) is 14.9 Å². The predicted molar refractivity (Wildman–Crippen MR) is 53.4 cm³/mol. The Balaban J connectivity index is 2.31. The van der Waals surface area contributed by atoms with E-state index in [1.807, 2.05) is 0 Å². The van der Waals surface area contributed by atoms with Crippen molar-refractivity contribution >= 4 is 0 Å². The van der Waals surface area contributed by atoms with E-state index in [0.29, 0.717) is 17.5 Å². The summed E-state index contributed by atoms with van der Waals surface area (Å²) in [7, 11) is 0. The summed E-state index contributed by atoms with van der Waals surface area (Å²) in [5, 5.41) is 27.9. The van der Waals surface area contributed by atoms with Crippen LogP contribution in [-0.4, -0.2) is 28.0 Å². The Morgan fingerprint density at radius 1 is 1.20 bits per heavy atom. The molecule has 15 heavy (non-hydrogen) atoms. The maximum atomic E-state index is 9.79. The second-order valence-corrected chi connectivity index (χ2v) is 3.74. The normalized spacial score (nSPS) is 19.2. The molecule has 0 aliphatic carbocycles. The molecule has 1 aliphatic rings. The highest BCUT2D eigenvalue weighted by atomic mass is 16.6. The van der Waals surface area contributed by atoms with Crippen molar-refractivity contribution in [1.29, 1.82) is 0 Å². The first-order valence-corrected chi connectivity index (χ1v) is 4.91. The Morgan fingerprint density at radius 2 is 1.87 bits per heavy atom. The van der Waals surface area contributed by atoms with E-state index in [-0.39, 0.29) is 25.1 Å². The number of epoxide rings is 1. The highest BCUT2D eigenvalue weighted by Crippen LogP contribution is 2.28. The lowest BCUT2D eigenvalue weighted by Gasteiger charge is -2.09. The van der Waals surface area contributed by atoms with Crippen LogP contribution in [0.25, 0.3) is 0 Å². The minimum absolute atomic E-state index is 0.0915. The summed E-state index contributed by atoms with van der Waals surface area (Å²) in [5.74, 6) is 0.116. The van der Waals surface area contributed by atoms with Crippen LogP contribution in [0.1, 0.15) is 16.7 Å². The van der Waals surface area contributed by atoms with Gasteiger partial charge in [-0.2, -0.15) is 0 Å². The molecule has 0 amide bonds. The minimum atomic E-state index is -0.224. The molecular weight excluding hydrogens is 196 g/mol. The highest BCUT2D eigenvalue weighted by Gasteiger charge is 2.24. The first-order valence-electron chi connectivity index (χ1n) is 4.91. The number of hydrogen-bond donors (Lipinski definition) is 3. The molecule has 1 aliphatic heterocycles. The Labute approximate surface area is 87.7 Å². The number of hydrogen-bond acceptors (Lipinski definition) is 4. The molecule has 0 radical (unpaired) electrons. The van der Waals surface area contributed by atoms with Crippen LogP contribution in [0.3, 0.4) is 0 Å². The lowest BCUT2D eigenvalue weighted by molar-refractivity contribution is 0.270. The molecule has 82 valence electrons. The molecule has 1 aromatic carbocycles. The van der Waals surface area contributed by atoms with Crippen molar-refractivity contribution in [3.8, 4) is 5.75 Å². The number of aliphatic hydroxyl groups is 2. The second-order valence-electron chi connectivity index (χ2n) is 3.74. The molecular formula is C11H14O4. The summed E-state index contributed by atoms with van der Waals surface area (Å²) in [4.78, 5) is 0. The molecule has 1 aromatic rings. The van der Waals surface area contributed by atoms with Crippen LogP contribution >= 0.6 is 0 Å². The monoisotopic (exact) mass is 210 g/mol. The van der Waals surface area contributed by atoms with Crippen molar-refractivity contribution in [2.45, 2.75) is 25.7 Å². The van der Waals surface area contributed by atoms with Crippen LogP contribution in [-0.2, 0) is 24.4 Å². The molecule has 3 N–H and O–H groups in total. The van der Waals surface area contributed by atoms with Gasteiger partial charge in [-0.1, -0.05) is 0 Å². The molecule has 4 nitrogen and oxygen atoms in total. The topological polar surface area (TPSA) is 73.2 Å². The average molecular weight is 210 g/mol. The van der Waals surface area contributed by atoms with E-state index in [1.54, 1.807) is 12.1 Å². The smallest absolute Gasteiger partial charge is 0.124 e. The number of rotatable bonds is 4. The Morgan fingerprint density at radius 3 is 2.40 bits per heavy atom. The fraction of sp³-hybridized carbons (Fsp3) is 0.455. The van der Waals surface area contributed by atoms with Gasteiger partial charge >= 0.3 is 0 Å². The van der Waals surface area contributed by atoms with Crippen molar-refractivity contribution in [2.24, 2.45) is 0 Å². The summed E-state index contributed by atoms with van der Waals surface area (Å²) in [6.45, 7) is 0.404. The van der Waals surface area contributed by atoms with E-state index in [2.05, 4.69) is 0 Å². The molecule has 0 aromatic heterocycles. The molecule has 0 bridgehead atoms. The number of ether oxygens (including phenoxy) is 1. The van der Waals surface area contributed by atoms with Crippen molar-refractivity contribution < 1.29 is 20.1 Å². The lowest BCUT2D eigenvalue weighted by Crippen LogP contribution is -1.99. The average Bonchev–Trinajstić information content (AvgIpc) is 3.05. The zero-order valence-corrected chi connectivity index (χ0v) is 8.31. The molecule has 1 saturated heterocycles. The van der Waals surface area contributed by atoms with Gasteiger partial charge in [-0.15, -0.1) is 0 Å². The third-order valence-electron chi connectivity index (χ3n) is 2.53. The van der Waals surface area contributed by atoms with E-state index in [0.717, 1.165) is 12.2 Å². The fourth-order valence-corrected chi connectivity index (χ4v) is 1.63. The number of aliphatic hydroxyl groups excluding tert-OH is 2. The van der Waals surface area contributed by atoms with Gasteiger partial charge < -0.3 is 20.1 Å². The summed E-state index contributed by atoms with van der Waals surface area (Å²) >= 11 is 0. The van der Waals surface area contributed by atoms with Gasteiger partial charge in [0.2, 0.25) is 0 Å². The molecule has 1 heterocycles. The summed E-state index contributed by atoms with van der Waals surface area (Å²) < 4.78 is 5.08. The van der Waals surface area contributed by atoms with Crippen molar-refractivity contribution in [2.75, 3.05) is 6.61 Å². The molecule has 0 saturated carbocycles. The molecule has 2 rings (SSSR count). The maximum Gasteiger partial charge on any atom is 0.124 e. The van der Waals surface area contributed by atoms with Crippen LogP contribution in [0.4, 0.5) is 0 Å². The Bertz CT molecular complexity index is 358. The SMILES string of the molecule is OCc1cc(CO)c(O)c(CC2CO2)c1. The van der Waals surface area contributed by atoms with E-state index < -0.39 is 0 Å². The number of benzene rings is 1. The molecule has 4 heteroatoms. The van der Waals surface area contributed by atoms with Crippen LogP contribution < -0.4 is 0 Å². The van der Waals surface area contributed by atoms with Gasteiger partial charge in [-0.05, 0) is 23.3 Å². The molecule has 1 fully saturated rings. The maximum absolute atomic E-state index is 9.79. The largest absolute Gasteiger partial charge is 0.507 e. The lowest BCUT2D eigenvalue weighted by atomic mass is 10.0. The van der Waals surface area contributed by atoms with Gasteiger partial charge in [0.05, 0.1) is 25.9 Å². The van der Waals surface area contributed by atoms with Gasteiger partial charge in [-0.25, -0.2) is 0 Å². The van der Waals surface area contributed by atoms with Crippen LogP contribution in [0.5, 0.6) is 5.75 Å². The third-order valence-corrected chi connectivity index (χ3v) is 2.53. The van der Waals surface area contributed by atoms with Gasteiger partial charge in [0.1, 0.15) is 5.75 Å². The molecule has 1 atom stereocenters. The van der Waals surface area contributed by atoms with Gasteiger partial charge in [-0.3, -0.25) is 0 Å². The Kier molecular flexibility index (Phi) is 2.90. The minimum Gasteiger partial charge on any atom is -0.507 e. The van der Waals surface area contributed by atoms with Crippen LogP contribution in [0, 0.1) is 0 Å². The zero-order chi connectivity index (χ0) is 10.8. The van der Waals surface area contributed by atoms with Gasteiger partial charge in [0.15, 0.2) is 0 Å². The summed E-state index contributed by atoms with van der Waals surface area (Å²) in [6, 6.07) is 3.35. The zero-order valence-electron chi connectivity index (χ0n) is 8.31. The van der Waals surface area contributed by atoms with E-state index in [1.165, 1.54) is 0 Å². The van der Waals surface area contributed by atoms with Crippen molar-refractivity contribution in [1.82, 2.24) is 0 Å². The fourth-order valence-electron chi connectivity index (χ4n) is 1.63. The predicted octanol–water partition coefficient (Wildman–Crippen LogP) is 0.318. The van der Waals surface area contributed by atoms with Crippen LogP contribution in [0.15, 0.2) is 12.1 Å². The Hall–Kier alpha value is -1.10. The highest BCUT2D eigenvalue weighted by molar-refractivity contribution is 5.44. The van der Waals surface area contributed by atoms with Crippen molar-refractivity contribution in [3.63, 3.8) is 0 Å². The standard InChI is InChI=1S/C11H14O4/c12-4-7-1-8(3-10-6-15-10)11(14)9(2-7)5-13/h1-2,10,12-14H,3-6H2. The van der Waals surface area contributed by atoms with E-state index in [9.17, 15) is 5.11 Å². The van der Waals surface area contributed by atoms with E-state index >= 15 is 0 Å². The third kappa shape index (κ3) is 2.28. The summed E-state index contributed by atoms with van der Waals surface area (Å²) in [5.41, 5.74) is 1.89. The quantitative estimate of drug-likeness (QED) is 0.626. The molecule has 0 spiro atoms. The van der Waals surface area contributed by atoms with Crippen molar-refractivity contribution in [3.05, 3.63) is 28.8 Å². The first-order chi connectivity index (χ1) is 7.24. The summed E-state index contributed by atoms with van der Waals surface area (Å²) in [6.07, 6.45) is 0.809. The van der Waals surface area contributed by atoms with Gasteiger partial charge in [0, 0.05) is 12.0 Å².